The Kier molecular flexibility index (Phi) is 3.99. The molecule has 0 aliphatic rings. The van der Waals surface area contributed by atoms with Gasteiger partial charge in [0, 0.05) is 4.47 Å². The van der Waals surface area contributed by atoms with E-state index in [1.165, 1.54) is 13.8 Å². The molecule has 0 unspecified atom stereocenters. The molecule has 0 fully saturated rings. The average molecular weight is 321 g/mol. The second-order valence-corrected chi connectivity index (χ2v) is 7.56. The molecule has 1 N–H and O–H groups in total. The van der Waals surface area contributed by atoms with Gasteiger partial charge in [0.05, 0.1) is 5.75 Å². The fourth-order valence-corrected chi connectivity index (χ4v) is 3.03. The minimum Gasteiger partial charge on any atom is -0.480 e. The van der Waals surface area contributed by atoms with Crippen molar-refractivity contribution in [2.75, 3.05) is 0 Å². The van der Waals surface area contributed by atoms with E-state index in [2.05, 4.69) is 15.9 Å². The van der Waals surface area contributed by atoms with Crippen LogP contribution < -0.4 is 0 Å². The minimum atomic E-state index is -3.76. The molecule has 0 spiro atoms. The molecule has 0 radical (unpaired) electrons. The van der Waals surface area contributed by atoms with E-state index in [1.807, 2.05) is 0 Å². The van der Waals surface area contributed by atoms with E-state index in [9.17, 15) is 13.2 Å². The van der Waals surface area contributed by atoms with Gasteiger partial charge in [0.15, 0.2) is 14.6 Å². The molecule has 0 aliphatic heterocycles. The Labute approximate surface area is 109 Å². The number of aliphatic carboxylic acids is 1. The maximum absolute atomic E-state index is 12.0. The molecule has 0 aromatic heterocycles. The number of hydrogen-bond acceptors (Lipinski definition) is 3. The molecule has 0 saturated carbocycles. The average Bonchev–Trinajstić information content (AvgIpc) is 2.20. The molecular weight excluding hydrogens is 308 g/mol. The number of carboxylic acids is 1. The van der Waals surface area contributed by atoms with Crippen LogP contribution in [0.2, 0.25) is 0 Å². The number of rotatable bonds is 4. The highest BCUT2D eigenvalue weighted by molar-refractivity contribution is 9.10. The second-order valence-electron chi connectivity index (χ2n) is 4.17. The van der Waals surface area contributed by atoms with E-state index in [4.69, 9.17) is 5.11 Å². The van der Waals surface area contributed by atoms with Gasteiger partial charge in [-0.3, -0.25) is 4.79 Å². The third kappa shape index (κ3) is 2.87. The lowest BCUT2D eigenvalue weighted by Gasteiger charge is -2.20. The van der Waals surface area contributed by atoms with Gasteiger partial charge < -0.3 is 5.11 Å². The number of carboxylic acid groups (broad SMARTS) is 1. The number of halogens is 1. The van der Waals surface area contributed by atoms with Crippen molar-refractivity contribution >= 4 is 31.7 Å². The number of hydrogen-bond donors (Lipinski definition) is 1. The first-order chi connectivity index (χ1) is 7.68. The van der Waals surface area contributed by atoms with Crippen LogP contribution in [0.5, 0.6) is 0 Å². The van der Waals surface area contributed by atoms with Crippen molar-refractivity contribution < 1.29 is 18.3 Å². The summed E-state index contributed by atoms with van der Waals surface area (Å²) < 4.78 is 22.9. The highest BCUT2D eigenvalue weighted by Gasteiger charge is 2.41. The van der Waals surface area contributed by atoms with E-state index in [-0.39, 0.29) is 5.75 Å². The highest BCUT2D eigenvalue weighted by atomic mass is 79.9. The van der Waals surface area contributed by atoms with Crippen molar-refractivity contribution in [3.63, 3.8) is 0 Å². The molecule has 1 aromatic rings. The fraction of sp³-hybridized carbons (Fsp3) is 0.364. The smallest absolute Gasteiger partial charge is 0.324 e. The molecule has 0 bridgehead atoms. The van der Waals surface area contributed by atoms with Gasteiger partial charge in [-0.25, -0.2) is 8.42 Å². The Balaban J connectivity index is 3.12. The van der Waals surface area contributed by atoms with Gasteiger partial charge in [0.2, 0.25) is 0 Å². The minimum absolute atomic E-state index is 0.298. The molecule has 1 aromatic carbocycles. The largest absolute Gasteiger partial charge is 0.480 e. The van der Waals surface area contributed by atoms with Gasteiger partial charge in [-0.1, -0.05) is 34.1 Å². The van der Waals surface area contributed by atoms with E-state index in [1.54, 1.807) is 24.3 Å². The lowest BCUT2D eigenvalue weighted by Crippen LogP contribution is -2.41. The summed E-state index contributed by atoms with van der Waals surface area (Å²) >= 11 is 3.24. The molecule has 4 nitrogen and oxygen atoms in total. The zero-order chi connectivity index (χ0) is 13.3. The summed E-state index contributed by atoms with van der Waals surface area (Å²) in [5.41, 5.74) is 0.557. The predicted molar refractivity (Wildman–Crippen MR) is 68.5 cm³/mol. The lowest BCUT2D eigenvalue weighted by atomic mass is 10.2. The number of sulfone groups is 1. The van der Waals surface area contributed by atoms with E-state index >= 15 is 0 Å². The standard InChI is InChI=1S/C11H13BrO4S/c1-11(2,10(13)14)17(15,16)7-8-5-3-4-6-9(8)12/h3-6H,7H2,1-2H3,(H,13,14). The van der Waals surface area contributed by atoms with Crippen LogP contribution in [-0.2, 0) is 20.4 Å². The van der Waals surface area contributed by atoms with Gasteiger partial charge in [-0.15, -0.1) is 0 Å². The molecule has 0 atom stereocenters. The Hall–Kier alpha value is -0.880. The van der Waals surface area contributed by atoms with Crippen LogP contribution in [0.3, 0.4) is 0 Å². The van der Waals surface area contributed by atoms with E-state index in [0.29, 0.717) is 10.0 Å². The number of benzene rings is 1. The summed E-state index contributed by atoms with van der Waals surface area (Å²) in [6.07, 6.45) is 0. The molecule has 17 heavy (non-hydrogen) atoms. The summed E-state index contributed by atoms with van der Waals surface area (Å²) in [7, 11) is -3.76. The van der Waals surface area contributed by atoms with Crippen LogP contribution in [0, 0.1) is 0 Å². The summed E-state index contributed by atoms with van der Waals surface area (Å²) in [5, 5.41) is 8.93. The lowest BCUT2D eigenvalue weighted by molar-refractivity contribution is -0.139. The monoisotopic (exact) mass is 320 g/mol. The molecular formula is C11H13BrO4S. The Morgan fingerprint density at radius 2 is 1.88 bits per heavy atom. The number of carbonyl (C=O) groups is 1. The molecule has 0 saturated heterocycles. The third-order valence-corrected chi connectivity index (χ3v) is 5.79. The van der Waals surface area contributed by atoms with Crippen LogP contribution >= 0.6 is 15.9 Å². The quantitative estimate of drug-likeness (QED) is 0.923. The van der Waals surface area contributed by atoms with Crippen molar-refractivity contribution in [3.05, 3.63) is 34.3 Å². The zero-order valence-corrected chi connectivity index (χ0v) is 11.9. The topological polar surface area (TPSA) is 71.4 Å². The van der Waals surface area contributed by atoms with Crippen molar-refractivity contribution in [2.24, 2.45) is 0 Å². The third-order valence-electron chi connectivity index (χ3n) is 2.60. The Bertz CT molecular complexity index is 534. The van der Waals surface area contributed by atoms with Crippen LogP contribution in [-0.4, -0.2) is 24.2 Å². The summed E-state index contributed by atoms with van der Waals surface area (Å²) in [4.78, 5) is 11.0. The normalized spacial score (nSPS) is 12.4. The molecule has 6 heteroatoms. The first kappa shape index (κ1) is 14.2. The van der Waals surface area contributed by atoms with Gasteiger partial charge in [-0.05, 0) is 25.5 Å². The van der Waals surface area contributed by atoms with Crippen LogP contribution in [0.1, 0.15) is 19.4 Å². The highest BCUT2D eigenvalue weighted by Crippen LogP contribution is 2.25. The first-order valence-electron chi connectivity index (χ1n) is 4.87. The SMILES string of the molecule is CC(C)(C(=O)O)S(=O)(=O)Cc1ccccc1Br. The maximum Gasteiger partial charge on any atom is 0.324 e. The fourth-order valence-electron chi connectivity index (χ4n) is 1.13. The second kappa shape index (κ2) is 4.78. The van der Waals surface area contributed by atoms with Crippen LogP contribution in [0.4, 0.5) is 0 Å². The van der Waals surface area contributed by atoms with Gasteiger partial charge in [0.25, 0.3) is 0 Å². The predicted octanol–water partition coefficient (Wildman–Crippen LogP) is 2.23. The maximum atomic E-state index is 12.0. The van der Waals surface area contributed by atoms with Crippen molar-refractivity contribution in [3.8, 4) is 0 Å². The van der Waals surface area contributed by atoms with Crippen molar-refractivity contribution in [1.29, 1.82) is 0 Å². The van der Waals surface area contributed by atoms with Crippen LogP contribution in [0.15, 0.2) is 28.7 Å². The molecule has 0 amide bonds. The molecule has 94 valence electrons. The van der Waals surface area contributed by atoms with Crippen molar-refractivity contribution in [1.82, 2.24) is 0 Å². The van der Waals surface area contributed by atoms with E-state index < -0.39 is 20.6 Å². The van der Waals surface area contributed by atoms with Crippen molar-refractivity contribution in [2.45, 2.75) is 24.3 Å². The summed E-state index contributed by atoms with van der Waals surface area (Å²) in [5.74, 6) is -1.64. The van der Waals surface area contributed by atoms with Gasteiger partial charge in [-0.2, -0.15) is 0 Å². The summed E-state index contributed by atoms with van der Waals surface area (Å²) in [6, 6.07) is 6.85. The molecule has 0 aliphatic carbocycles. The Morgan fingerprint density at radius 1 is 1.35 bits per heavy atom. The molecule has 1 rings (SSSR count). The van der Waals surface area contributed by atoms with Crippen LogP contribution in [0.25, 0.3) is 0 Å². The first-order valence-corrected chi connectivity index (χ1v) is 7.32. The summed E-state index contributed by atoms with van der Waals surface area (Å²) in [6.45, 7) is 2.39. The van der Waals surface area contributed by atoms with Gasteiger partial charge in [0.1, 0.15) is 0 Å². The van der Waals surface area contributed by atoms with E-state index in [0.717, 1.165) is 0 Å². The van der Waals surface area contributed by atoms with Gasteiger partial charge >= 0.3 is 5.97 Å². The molecule has 0 heterocycles. The Morgan fingerprint density at radius 3 is 2.35 bits per heavy atom. The zero-order valence-electron chi connectivity index (χ0n) is 9.47.